The van der Waals surface area contributed by atoms with Crippen molar-refractivity contribution in [2.24, 2.45) is 11.8 Å². The summed E-state index contributed by atoms with van der Waals surface area (Å²) in [6, 6.07) is 0.0988. The standard InChI is InChI=1S/C13H22N2O3/c1-8(2)6-15-7-9(3-12(15)17)13(18)14-10-4-11(16)5-10/h8-11,16H,3-7H2,1-2H3,(H,14,18). The molecular weight excluding hydrogens is 232 g/mol. The second-order valence-corrected chi connectivity index (χ2v) is 5.92. The van der Waals surface area contributed by atoms with Crippen molar-refractivity contribution >= 4 is 11.8 Å². The highest BCUT2D eigenvalue weighted by Crippen LogP contribution is 2.23. The van der Waals surface area contributed by atoms with Crippen LogP contribution < -0.4 is 5.32 Å². The number of nitrogens with zero attached hydrogens (tertiary/aromatic N) is 1. The predicted molar refractivity (Wildman–Crippen MR) is 66.7 cm³/mol. The lowest BCUT2D eigenvalue weighted by molar-refractivity contribution is -0.129. The number of likely N-dealkylation sites (tertiary alicyclic amines) is 1. The molecule has 1 saturated heterocycles. The number of carbonyl (C=O) groups excluding carboxylic acids is 2. The van der Waals surface area contributed by atoms with E-state index in [2.05, 4.69) is 19.2 Å². The summed E-state index contributed by atoms with van der Waals surface area (Å²) >= 11 is 0. The van der Waals surface area contributed by atoms with Crippen LogP contribution in [0.25, 0.3) is 0 Å². The SMILES string of the molecule is CC(C)CN1CC(C(=O)NC2CC(O)C2)CC1=O. The van der Waals surface area contributed by atoms with Crippen molar-refractivity contribution < 1.29 is 14.7 Å². The Kier molecular flexibility index (Phi) is 3.90. The molecule has 0 aromatic carbocycles. The van der Waals surface area contributed by atoms with Crippen molar-refractivity contribution in [3.8, 4) is 0 Å². The van der Waals surface area contributed by atoms with Gasteiger partial charge >= 0.3 is 0 Å². The highest BCUT2D eigenvalue weighted by molar-refractivity contribution is 5.89. The number of rotatable bonds is 4. The van der Waals surface area contributed by atoms with E-state index in [1.165, 1.54) is 0 Å². The molecule has 5 heteroatoms. The monoisotopic (exact) mass is 254 g/mol. The van der Waals surface area contributed by atoms with Gasteiger partial charge in [-0.3, -0.25) is 9.59 Å². The molecule has 102 valence electrons. The van der Waals surface area contributed by atoms with Crippen LogP contribution in [0.4, 0.5) is 0 Å². The van der Waals surface area contributed by atoms with Crippen molar-refractivity contribution in [3.63, 3.8) is 0 Å². The maximum Gasteiger partial charge on any atom is 0.225 e. The minimum absolute atomic E-state index is 0.0356. The average molecular weight is 254 g/mol. The van der Waals surface area contributed by atoms with Crippen LogP contribution in [-0.2, 0) is 9.59 Å². The summed E-state index contributed by atoms with van der Waals surface area (Å²) in [5, 5.41) is 12.1. The Bertz CT molecular complexity index is 337. The Morgan fingerprint density at radius 1 is 1.50 bits per heavy atom. The van der Waals surface area contributed by atoms with Crippen LogP contribution in [-0.4, -0.2) is 47.1 Å². The summed E-state index contributed by atoms with van der Waals surface area (Å²) in [6.07, 6.45) is 1.34. The molecule has 0 radical (unpaired) electrons. The zero-order chi connectivity index (χ0) is 13.3. The quantitative estimate of drug-likeness (QED) is 0.749. The topological polar surface area (TPSA) is 69.6 Å². The van der Waals surface area contributed by atoms with E-state index in [1.54, 1.807) is 4.90 Å². The predicted octanol–water partition coefficient (Wildman–Crippen LogP) is 0.130. The Balaban J connectivity index is 1.80. The van der Waals surface area contributed by atoms with Gasteiger partial charge in [-0.2, -0.15) is 0 Å². The molecule has 1 aliphatic heterocycles. The first-order valence-electron chi connectivity index (χ1n) is 6.72. The fourth-order valence-corrected chi connectivity index (χ4v) is 2.59. The molecule has 0 bridgehead atoms. The molecule has 1 heterocycles. The Morgan fingerprint density at radius 3 is 2.72 bits per heavy atom. The molecule has 1 aliphatic carbocycles. The summed E-state index contributed by atoms with van der Waals surface area (Å²) in [5.74, 6) is 0.260. The molecule has 0 spiro atoms. The second kappa shape index (κ2) is 5.26. The molecule has 1 unspecified atom stereocenters. The number of aliphatic hydroxyl groups is 1. The highest BCUT2D eigenvalue weighted by atomic mass is 16.3. The Morgan fingerprint density at radius 2 is 2.17 bits per heavy atom. The third-order valence-electron chi connectivity index (χ3n) is 3.63. The lowest BCUT2D eigenvalue weighted by Gasteiger charge is -2.32. The van der Waals surface area contributed by atoms with Crippen LogP contribution in [0.2, 0.25) is 0 Å². The fourth-order valence-electron chi connectivity index (χ4n) is 2.59. The molecule has 0 aromatic heterocycles. The van der Waals surface area contributed by atoms with Crippen LogP contribution in [0.5, 0.6) is 0 Å². The van der Waals surface area contributed by atoms with Crippen molar-refractivity contribution in [2.45, 2.75) is 45.3 Å². The van der Waals surface area contributed by atoms with E-state index < -0.39 is 0 Å². The van der Waals surface area contributed by atoms with E-state index in [0.29, 0.717) is 31.7 Å². The minimum Gasteiger partial charge on any atom is -0.393 e. The van der Waals surface area contributed by atoms with Crippen LogP contribution in [0.15, 0.2) is 0 Å². The zero-order valence-electron chi connectivity index (χ0n) is 11.1. The molecule has 1 atom stereocenters. The first kappa shape index (κ1) is 13.3. The molecule has 2 fully saturated rings. The molecule has 0 aromatic rings. The van der Waals surface area contributed by atoms with Crippen molar-refractivity contribution in [1.29, 1.82) is 0 Å². The second-order valence-electron chi connectivity index (χ2n) is 5.92. The van der Waals surface area contributed by atoms with E-state index in [-0.39, 0.29) is 29.9 Å². The third kappa shape index (κ3) is 3.02. The van der Waals surface area contributed by atoms with Crippen molar-refractivity contribution in [2.75, 3.05) is 13.1 Å². The molecule has 2 aliphatic rings. The average Bonchev–Trinajstić information content (AvgIpc) is 2.57. The van der Waals surface area contributed by atoms with Gasteiger partial charge in [-0.05, 0) is 18.8 Å². The number of aliphatic hydroxyl groups excluding tert-OH is 1. The molecule has 2 rings (SSSR count). The van der Waals surface area contributed by atoms with Gasteiger partial charge in [0.2, 0.25) is 11.8 Å². The molecular formula is C13H22N2O3. The maximum absolute atomic E-state index is 12.0. The Hall–Kier alpha value is -1.10. The summed E-state index contributed by atoms with van der Waals surface area (Å²) < 4.78 is 0. The smallest absolute Gasteiger partial charge is 0.225 e. The molecule has 2 amide bonds. The van der Waals surface area contributed by atoms with Gasteiger partial charge in [-0.15, -0.1) is 0 Å². The van der Waals surface area contributed by atoms with Gasteiger partial charge < -0.3 is 15.3 Å². The van der Waals surface area contributed by atoms with Crippen LogP contribution >= 0.6 is 0 Å². The first-order valence-corrected chi connectivity index (χ1v) is 6.72. The molecule has 2 N–H and O–H groups in total. The number of hydrogen-bond donors (Lipinski definition) is 2. The van der Waals surface area contributed by atoms with Crippen LogP contribution in [0, 0.1) is 11.8 Å². The number of hydrogen-bond acceptors (Lipinski definition) is 3. The summed E-state index contributed by atoms with van der Waals surface area (Å²) in [5.41, 5.74) is 0. The van der Waals surface area contributed by atoms with Gasteiger partial charge in [0.05, 0.1) is 12.0 Å². The van der Waals surface area contributed by atoms with Gasteiger partial charge in [-0.1, -0.05) is 13.8 Å². The number of carbonyl (C=O) groups is 2. The number of amides is 2. The minimum atomic E-state index is -0.266. The molecule has 1 saturated carbocycles. The van der Waals surface area contributed by atoms with E-state index >= 15 is 0 Å². The Labute approximate surface area is 108 Å². The highest BCUT2D eigenvalue weighted by Gasteiger charge is 2.36. The normalized spacial score (nSPS) is 31.7. The zero-order valence-corrected chi connectivity index (χ0v) is 11.1. The van der Waals surface area contributed by atoms with Gasteiger partial charge in [-0.25, -0.2) is 0 Å². The summed E-state index contributed by atoms with van der Waals surface area (Å²) in [4.78, 5) is 25.5. The van der Waals surface area contributed by atoms with Gasteiger partial charge in [0.15, 0.2) is 0 Å². The maximum atomic E-state index is 12.0. The summed E-state index contributed by atoms with van der Waals surface area (Å²) in [6.45, 7) is 5.40. The van der Waals surface area contributed by atoms with Crippen molar-refractivity contribution in [3.05, 3.63) is 0 Å². The largest absolute Gasteiger partial charge is 0.393 e. The van der Waals surface area contributed by atoms with Crippen LogP contribution in [0.3, 0.4) is 0 Å². The molecule has 5 nitrogen and oxygen atoms in total. The van der Waals surface area contributed by atoms with Crippen LogP contribution in [0.1, 0.15) is 33.1 Å². The van der Waals surface area contributed by atoms with E-state index in [9.17, 15) is 9.59 Å². The van der Waals surface area contributed by atoms with Gasteiger partial charge in [0.1, 0.15) is 0 Å². The van der Waals surface area contributed by atoms with Crippen molar-refractivity contribution in [1.82, 2.24) is 10.2 Å². The lowest BCUT2D eigenvalue weighted by Crippen LogP contribution is -2.48. The van der Waals surface area contributed by atoms with Gasteiger partial charge in [0.25, 0.3) is 0 Å². The third-order valence-corrected chi connectivity index (χ3v) is 3.63. The number of nitrogens with one attached hydrogen (secondary N) is 1. The van der Waals surface area contributed by atoms with E-state index in [4.69, 9.17) is 5.11 Å². The lowest BCUT2D eigenvalue weighted by atomic mass is 9.89. The van der Waals surface area contributed by atoms with Gasteiger partial charge in [0, 0.05) is 25.6 Å². The molecule has 18 heavy (non-hydrogen) atoms. The first-order chi connectivity index (χ1) is 8.45. The fraction of sp³-hybridized carbons (Fsp3) is 0.846. The van der Waals surface area contributed by atoms with E-state index in [1.807, 2.05) is 0 Å². The summed E-state index contributed by atoms with van der Waals surface area (Å²) in [7, 11) is 0. The van der Waals surface area contributed by atoms with E-state index in [0.717, 1.165) is 6.54 Å².